The maximum atomic E-state index is 12.9. The molecule has 1 amide bonds. The summed E-state index contributed by atoms with van der Waals surface area (Å²) in [4.78, 5) is 21.5. The summed E-state index contributed by atoms with van der Waals surface area (Å²) in [6.45, 7) is 4.61. The Morgan fingerprint density at radius 3 is 2.21 bits per heavy atom. The number of nitrogens with one attached hydrogen (secondary N) is 1. The van der Waals surface area contributed by atoms with Crippen molar-refractivity contribution in [2.75, 3.05) is 22.6 Å². The van der Waals surface area contributed by atoms with Gasteiger partial charge in [0.2, 0.25) is 11.9 Å². The van der Waals surface area contributed by atoms with Crippen molar-refractivity contribution in [1.29, 1.82) is 0 Å². The van der Waals surface area contributed by atoms with Gasteiger partial charge in [-0.05, 0) is 63.2 Å². The van der Waals surface area contributed by atoms with Gasteiger partial charge in [0.25, 0.3) is 16.0 Å². The third-order valence-electron chi connectivity index (χ3n) is 4.71. The zero-order valence-electron chi connectivity index (χ0n) is 20.4. The van der Waals surface area contributed by atoms with Crippen molar-refractivity contribution in [1.82, 2.24) is 0 Å². The van der Waals surface area contributed by atoms with E-state index in [2.05, 4.69) is 15.3 Å². The van der Waals surface area contributed by atoms with Crippen molar-refractivity contribution in [3.63, 3.8) is 0 Å². The summed E-state index contributed by atoms with van der Waals surface area (Å²) in [6.07, 6.45) is 0. The molecule has 0 aromatic heterocycles. The molecule has 2 aromatic carbocycles. The van der Waals surface area contributed by atoms with Gasteiger partial charge in [-0.2, -0.15) is 21.8 Å². The normalized spacial score (nSPS) is 14.9. The van der Waals surface area contributed by atoms with Gasteiger partial charge in [0.05, 0.1) is 15.7 Å². The molecular weight excluding hydrogens is 567 g/mol. The standard InChI is InChI=1S/C19H20ClFN6O4S.C2H6O3S/c1-19(2)26-17(22)25-18(23)27(19)12-5-8-15(14(20)9-12)31-10-16(28)24-11-3-6-13(7-4-11)32(21,29)30;1-2-6(3,4)5/h3-9H,10H2,1-2H3,(H,24,28)(H4,22,23,25,26);2H2,1H3,(H,3,4,5). The van der Waals surface area contributed by atoms with E-state index < -0.39 is 36.8 Å². The minimum absolute atomic E-state index is 0.0711. The number of ether oxygens (including phenoxy) is 1. The summed E-state index contributed by atoms with van der Waals surface area (Å²) >= 11 is 6.30. The molecule has 38 heavy (non-hydrogen) atoms. The van der Waals surface area contributed by atoms with Crippen LogP contribution in [-0.2, 0) is 25.1 Å². The van der Waals surface area contributed by atoms with Crippen LogP contribution in [0.3, 0.4) is 0 Å². The Hall–Kier alpha value is -3.47. The minimum Gasteiger partial charge on any atom is -0.482 e. The lowest BCUT2D eigenvalue weighted by Crippen LogP contribution is -2.54. The third kappa shape index (κ3) is 8.83. The van der Waals surface area contributed by atoms with E-state index in [0.717, 1.165) is 12.1 Å². The fraction of sp³-hybridized carbons (Fsp3) is 0.286. The van der Waals surface area contributed by atoms with Gasteiger partial charge in [-0.25, -0.2) is 4.99 Å². The maximum Gasteiger partial charge on any atom is 0.332 e. The summed E-state index contributed by atoms with van der Waals surface area (Å²) in [5, 5.41) is 2.72. The number of nitrogens with zero attached hydrogens (tertiary/aromatic N) is 3. The molecule has 17 heteroatoms. The smallest absolute Gasteiger partial charge is 0.332 e. The first-order chi connectivity index (χ1) is 17.4. The second kappa shape index (κ2) is 11.9. The molecule has 0 bridgehead atoms. The number of anilines is 2. The van der Waals surface area contributed by atoms with Crippen molar-refractivity contribution in [3.05, 3.63) is 47.5 Å². The molecule has 3 rings (SSSR count). The second-order valence-electron chi connectivity index (χ2n) is 8.05. The Bertz CT molecular complexity index is 1460. The van der Waals surface area contributed by atoms with Crippen LogP contribution in [0, 0.1) is 0 Å². The van der Waals surface area contributed by atoms with Crippen LogP contribution in [0.4, 0.5) is 15.3 Å². The molecule has 208 valence electrons. The number of aliphatic imine (C=N–C) groups is 2. The number of carbonyl (C=O) groups is 1. The number of amides is 1. The Balaban J connectivity index is 0.000000757. The predicted molar refractivity (Wildman–Crippen MR) is 142 cm³/mol. The maximum absolute atomic E-state index is 12.9. The second-order valence-corrected chi connectivity index (χ2v) is 11.5. The van der Waals surface area contributed by atoms with Gasteiger partial charge in [0.1, 0.15) is 11.4 Å². The molecular formula is C21H26ClFN6O7S2. The Labute approximate surface area is 224 Å². The molecule has 0 fully saturated rings. The van der Waals surface area contributed by atoms with Crippen molar-refractivity contribution in [3.8, 4) is 5.75 Å². The number of guanidine groups is 2. The molecule has 0 spiro atoms. The molecule has 0 atom stereocenters. The van der Waals surface area contributed by atoms with Gasteiger partial charge in [0.15, 0.2) is 6.61 Å². The SMILES string of the molecule is CC1(C)N=C(N)N=C(N)N1c1ccc(OCC(=O)Nc2ccc(S(=O)(=O)F)cc2)c(Cl)c1.CCS(=O)(=O)O. The van der Waals surface area contributed by atoms with Crippen molar-refractivity contribution in [2.45, 2.75) is 31.3 Å². The number of hydrogen-bond donors (Lipinski definition) is 4. The summed E-state index contributed by atoms with van der Waals surface area (Å²) < 4.78 is 67.0. The monoisotopic (exact) mass is 592 g/mol. The topological polar surface area (TPSA) is 207 Å². The number of hydrogen-bond acceptors (Lipinski definition) is 11. The summed E-state index contributed by atoms with van der Waals surface area (Å²) in [6, 6.07) is 9.42. The summed E-state index contributed by atoms with van der Waals surface area (Å²) in [5.74, 6) is -0.260. The number of halogens is 2. The van der Waals surface area contributed by atoms with Crippen LogP contribution in [0.15, 0.2) is 57.3 Å². The highest BCUT2D eigenvalue weighted by Crippen LogP contribution is 2.33. The highest BCUT2D eigenvalue weighted by atomic mass is 35.5. The molecule has 0 radical (unpaired) electrons. The number of benzene rings is 2. The van der Waals surface area contributed by atoms with E-state index >= 15 is 0 Å². The Morgan fingerprint density at radius 1 is 1.16 bits per heavy atom. The van der Waals surface area contributed by atoms with Gasteiger partial charge in [-0.3, -0.25) is 14.2 Å². The van der Waals surface area contributed by atoms with E-state index in [1.165, 1.54) is 19.1 Å². The van der Waals surface area contributed by atoms with Gasteiger partial charge in [-0.1, -0.05) is 11.6 Å². The first-order valence-electron chi connectivity index (χ1n) is 10.6. The van der Waals surface area contributed by atoms with E-state index in [9.17, 15) is 25.5 Å². The molecule has 0 aliphatic carbocycles. The molecule has 0 unspecified atom stereocenters. The fourth-order valence-corrected chi connectivity index (χ4v) is 3.73. The predicted octanol–water partition coefficient (Wildman–Crippen LogP) is 2.10. The highest BCUT2D eigenvalue weighted by molar-refractivity contribution is 7.86. The van der Waals surface area contributed by atoms with Gasteiger partial charge in [-0.15, -0.1) is 3.89 Å². The molecule has 1 aliphatic rings. The third-order valence-corrected chi connectivity index (χ3v) is 6.57. The summed E-state index contributed by atoms with van der Waals surface area (Å²) in [7, 11) is -8.47. The molecule has 0 saturated heterocycles. The molecule has 13 nitrogen and oxygen atoms in total. The van der Waals surface area contributed by atoms with Crippen molar-refractivity contribution >= 4 is 61.1 Å². The van der Waals surface area contributed by atoms with Crippen LogP contribution in [0.2, 0.25) is 5.02 Å². The Morgan fingerprint density at radius 2 is 1.74 bits per heavy atom. The van der Waals surface area contributed by atoms with Gasteiger partial charge < -0.3 is 21.5 Å². The van der Waals surface area contributed by atoms with E-state index in [4.69, 9.17) is 32.4 Å². The quantitative estimate of drug-likeness (QED) is 0.272. The summed E-state index contributed by atoms with van der Waals surface area (Å²) in [5.41, 5.74) is 11.8. The van der Waals surface area contributed by atoms with Crippen molar-refractivity contribution in [2.24, 2.45) is 21.5 Å². The van der Waals surface area contributed by atoms with E-state index in [1.807, 2.05) is 0 Å². The average molecular weight is 593 g/mol. The lowest BCUT2D eigenvalue weighted by molar-refractivity contribution is -0.118. The van der Waals surface area contributed by atoms with Crippen LogP contribution in [0.5, 0.6) is 5.75 Å². The first-order valence-corrected chi connectivity index (χ1v) is 14.0. The van der Waals surface area contributed by atoms with Gasteiger partial charge >= 0.3 is 10.2 Å². The van der Waals surface area contributed by atoms with E-state index in [1.54, 1.807) is 36.9 Å². The van der Waals surface area contributed by atoms with Crippen molar-refractivity contribution < 1.29 is 34.8 Å². The van der Waals surface area contributed by atoms with Crippen LogP contribution in [0.25, 0.3) is 0 Å². The van der Waals surface area contributed by atoms with Crippen LogP contribution in [-0.4, -0.2) is 57.2 Å². The molecule has 6 N–H and O–H groups in total. The van der Waals surface area contributed by atoms with E-state index in [0.29, 0.717) is 5.69 Å². The molecule has 2 aromatic rings. The first kappa shape index (κ1) is 30.8. The minimum atomic E-state index is -4.81. The zero-order chi connectivity index (χ0) is 28.9. The highest BCUT2D eigenvalue weighted by Gasteiger charge is 2.33. The lowest BCUT2D eigenvalue weighted by atomic mass is 10.1. The number of nitrogens with two attached hydrogens (primary N) is 2. The van der Waals surface area contributed by atoms with E-state index in [-0.39, 0.29) is 40.7 Å². The van der Waals surface area contributed by atoms with Crippen LogP contribution in [0.1, 0.15) is 20.8 Å². The van der Waals surface area contributed by atoms with Crippen LogP contribution < -0.4 is 26.4 Å². The Kier molecular flexibility index (Phi) is 9.66. The van der Waals surface area contributed by atoms with Gasteiger partial charge in [0, 0.05) is 11.4 Å². The van der Waals surface area contributed by atoms with Crippen LogP contribution >= 0.6 is 11.6 Å². The molecule has 1 aliphatic heterocycles. The zero-order valence-corrected chi connectivity index (χ0v) is 22.8. The lowest BCUT2D eigenvalue weighted by Gasteiger charge is -2.38. The largest absolute Gasteiger partial charge is 0.482 e. The number of carbonyl (C=O) groups excluding carboxylic acids is 1. The molecule has 1 heterocycles. The number of rotatable bonds is 7. The average Bonchev–Trinajstić information content (AvgIpc) is 2.77. The fourth-order valence-electron chi connectivity index (χ4n) is 3.04. The molecule has 0 saturated carbocycles.